The fourth-order valence-electron chi connectivity index (χ4n) is 6.32. The van der Waals surface area contributed by atoms with Gasteiger partial charge in [-0.1, -0.05) is 24.3 Å². The Balaban J connectivity index is 0.930. The minimum absolute atomic E-state index is 0.0157. The number of nitrogens with two attached hydrogens (primary N) is 1. The molecule has 2 aromatic carbocycles. The van der Waals surface area contributed by atoms with Gasteiger partial charge in [0.15, 0.2) is 0 Å². The van der Waals surface area contributed by atoms with Crippen LogP contribution in [0.25, 0.3) is 16.6 Å². The van der Waals surface area contributed by atoms with Crippen LogP contribution < -0.4 is 25.3 Å². The number of pyridine rings is 1. The number of carbonyl (C=O) groups is 1. The van der Waals surface area contributed by atoms with Crippen LogP contribution in [0.5, 0.6) is 17.2 Å². The molecule has 2 heterocycles. The molecule has 4 N–H and O–H groups in total. The molecule has 9 heteroatoms. The number of ether oxygens (including phenoxy) is 3. The second kappa shape index (κ2) is 12.5. The smallest absolute Gasteiger partial charge is 0.224 e. The maximum atomic E-state index is 12.8. The van der Waals surface area contributed by atoms with Crippen LogP contribution in [0.15, 0.2) is 73.1 Å². The average Bonchev–Trinajstić information content (AvgIpc) is 3.35. The molecule has 0 aliphatic heterocycles. The van der Waals surface area contributed by atoms with Crippen LogP contribution in [-0.4, -0.2) is 58.1 Å². The predicted molar refractivity (Wildman–Crippen MR) is 169 cm³/mol. The molecular weight excluding hydrogens is 556 g/mol. The van der Waals surface area contributed by atoms with Crippen molar-refractivity contribution < 1.29 is 24.1 Å². The van der Waals surface area contributed by atoms with Crippen LogP contribution in [-0.2, 0) is 11.2 Å². The molecule has 6 rings (SSSR count). The van der Waals surface area contributed by atoms with Crippen molar-refractivity contribution in [1.82, 2.24) is 14.9 Å². The van der Waals surface area contributed by atoms with Gasteiger partial charge in [-0.05, 0) is 105 Å². The molecule has 9 nitrogen and oxygen atoms in total. The maximum absolute atomic E-state index is 12.8. The molecule has 2 aliphatic carbocycles. The first-order valence-electron chi connectivity index (χ1n) is 15.5. The predicted octanol–water partition coefficient (Wildman–Crippen LogP) is 4.93. The van der Waals surface area contributed by atoms with Crippen molar-refractivity contribution in [2.75, 3.05) is 19.8 Å². The topological polar surface area (TPSA) is 120 Å². The van der Waals surface area contributed by atoms with Gasteiger partial charge < -0.3 is 30.4 Å². The van der Waals surface area contributed by atoms with E-state index in [1.807, 2.05) is 36.4 Å². The van der Waals surface area contributed by atoms with Crippen LogP contribution >= 0.6 is 0 Å². The first-order valence-corrected chi connectivity index (χ1v) is 15.5. The number of fused-ring (bicyclic) bond motifs is 1. The van der Waals surface area contributed by atoms with E-state index < -0.39 is 5.60 Å². The van der Waals surface area contributed by atoms with Gasteiger partial charge in [0.2, 0.25) is 5.91 Å². The van der Waals surface area contributed by atoms with E-state index in [9.17, 15) is 9.90 Å². The lowest BCUT2D eigenvalue weighted by Crippen LogP contribution is -2.58. The first-order chi connectivity index (χ1) is 21.2. The fourth-order valence-corrected chi connectivity index (χ4v) is 6.32. The number of aromatic nitrogens is 2. The Morgan fingerprint density at radius 3 is 2.55 bits per heavy atom. The van der Waals surface area contributed by atoms with Crippen molar-refractivity contribution in [3.05, 3.63) is 78.6 Å². The molecule has 0 radical (unpaired) electrons. The molecule has 44 heavy (non-hydrogen) atoms. The highest BCUT2D eigenvalue weighted by Crippen LogP contribution is 2.56. The molecule has 0 unspecified atom stereocenters. The van der Waals surface area contributed by atoms with Crippen molar-refractivity contribution in [3.8, 4) is 28.4 Å². The van der Waals surface area contributed by atoms with E-state index in [0.29, 0.717) is 18.9 Å². The van der Waals surface area contributed by atoms with Gasteiger partial charge in [0.1, 0.15) is 23.9 Å². The number of carbonyl (C=O) groups excluding carboxylic acids is 1. The monoisotopic (exact) mass is 598 g/mol. The van der Waals surface area contributed by atoms with E-state index >= 15 is 0 Å². The van der Waals surface area contributed by atoms with E-state index in [2.05, 4.69) is 34.7 Å². The van der Waals surface area contributed by atoms with E-state index in [1.54, 1.807) is 30.8 Å². The van der Waals surface area contributed by atoms with Gasteiger partial charge in [-0.15, -0.1) is 0 Å². The molecule has 2 fully saturated rings. The van der Waals surface area contributed by atoms with Crippen molar-refractivity contribution >= 4 is 11.4 Å². The van der Waals surface area contributed by atoms with Crippen LogP contribution in [0.3, 0.4) is 0 Å². The van der Waals surface area contributed by atoms with Gasteiger partial charge in [0.05, 0.1) is 42.6 Å². The van der Waals surface area contributed by atoms with Gasteiger partial charge in [-0.2, -0.15) is 5.10 Å². The SMILES string of the molecule is CC(C)(O)COc1ccc2c(CC(=O)NC3CC4(C3)CC(Oc3ccc(-c5cccc(OCCCN)c5)cc3)C4)cnn2c1. The minimum atomic E-state index is -0.919. The number of amides is 1. The number of benzene rings is 2. The second-order valence-electron chi connectivity index (χ2n) is 13.0. The van der Waals surface area contributed by atoms with Crippen molar-refractivity contribution in [3.63, 3.8) is 0 Å². The van der Waals surface area contributed by atoms with Crippen LogP contribution in [0.1, 0.15) is 51.5 Å². The summed E-state index contributed by atoms with van der Waals surface area (Å²) >= 11 is 0. The number of nitrogens with one attached hydrogen (secondary N) is 1. The van der Waals surface area contributed by atoms with Crippen LogP contribution in [0.2, 0.25) is 0 Å². The molecule has 1 spiro atoms. The standard InChI is InChI=1S/C35H42N4O5/c1-34(2,41)23-43-30-11-12-32-26(21-37-39(32)22-30)16-33(40)38-27-17-35(18-27)19-31(20-35)44-28-9-7-24(8-10-28)25-5-3-6-29(15-25)42-14-4-13-36/h3,5-12,15,21-22,27,31,41H,4,13-14,16-20,23,36H2,1-2H3,(H,38,40). The van der Waals surface area contributed by atoms with E-state index in [0.717, 1.165) is 65.8 Å². The second-order valence-corrected chi connectivity index (χ2v) is 13.0. The summed E-state index contributed by atoms with van der Waals surface area (Å²) in [6.45, 7) is 4.81. The first kappa shape index (κ1) is 30.0. The Bertz CT molecular complexity index is 1580. The molecule has 0 saturated heterocycles. The highest BCUT2D eigenvalue weighted by molar-refractivity contribution is 5.81. The summed E-state index contributed by atoms with van der Waals surface area (Å²) in [5.41, 5.74) is 8.90. The third-order valence-electron chi connectivity index (χ3n) is 8.50. The summed E-state index contributed by atoms with van der Waals surface area (Å²) in [7, 11) is 0. The van der Waals surface area contributed by atoms with Crippen molar-refractivity contribution in [2.24, 2.45) is 11.1 Å². The number of rotatable bonds is 13. The van der Waals surface area contributed by atoms with Gasteiger partial charge in [-0.3, -0.25) is 4.79 Å². The maximum Gasteiger partial charge on any atom is 0.224 e. The van der Waals surface area contributed by atoms with Crippen LogP contribution in [0, 0.1) is 5.41 Å². The highest BCUT2D eigenvalue weighted by Gasteiger charge is 2.54. The van der Waals surface area contributed by atoms with Gasteiger partial charge in [-0.25, -0.2) is 4.52 Å². The normalized spacial score (nSPS) is 21.0. The molecular formula is C35H42N4O5. The molecule has 232 valence electrons. The number of aliphatic hydroxyl groups is 1. The lowest BCUT2D eigenvalue weighted by molar-refractivity contribution is -0.126. The summed E-state index contributed by atoms with van der Waals surface area (Å²) in [6, 6.07) is 20.3. The summed E-state index contributed by atoms with van der Waals surface area (Å²) in [5.74, 6) is 2.37. The molecule has 0 bridgehead atoms. The molecule has 2 aromatic heterocycles. The Hall–Kier alpha value is -4.08. The van der Waals surface area contributed by atoms with Gasteiger partial charge in [0, 0.05) is 11.6 Å². The van der Waals surface area contributed by atoms with Crippen LogP contribution in [0.4, 0.5) is 0 Å². The molecule has 4 aromatic rings. The van der Waals surface area contributed by atoms with Crippen molar-refractivity contribution in [1.29, 1.82) is 0 Å². The number of nitrogens with zero attached hydrogens (tertiary/aromatic N) is 2. The lowest BCUT2D eigenvalue weighted by Gasteiger charge is -2.57. The van der Waals surface area contributed by atoms with Crippen molar-refractivity contribution in [2.45, 2.75) is 70.1 Å². The number of hydrogen-bond acceptors (Lipinski definition) is 7. The van der Waals surface area contributed by atoms with E-state index in [-0.39, 0.29) is 36.5 Å². The number of hydrogen-bond donors (Lipinski definition) is 3. The van der Waals surface area contributed by atoms with Gasteiger partial charge in [0.25, 0.3) is 0 Å². The lowest BCUT2D eigenvalue weighted by atomic mass is 9.53. The van der Waals surface area contributed by atoms with E-state index in [4.69, 9.17) is 19.9 Å². The Labute approximate surface area is 258 Å². The molecule has 1 amide bonds. The molecule has 2 aliphatic rings. The Kier molecular flexibility index (Phi) is 8.51. The molecule has 2 saturated carbocycles. The third kappa shape index (κ3) is 7.17. The zero-order chi connectivity index (χ0) is 30.7. The quantitative estimate of drug-likeness (QED) is 0.187. The average molecular weight is 599 g/mol. The zero-order valence-electron chi connectivity index (χ0n) is 25.5. The van der Waals surface area contributed by atoms with E-state index in [1.165, 1.54) is 0 Å². The summed E-state index contributed by atoms with van der Waals surface area (Å²) in [4.78, 5) is 12.8. The summed E-state index contributed by atoms with van der Waals surface area (Å²) in [5, 5.41) is 17.5. The zero-order valence-corrected chi connectivity index (χ0v) is 25.5. The Morgan fingerprint density at radius 1 is 1.02 bits per heavy atom. The minimum Gasteiger partial charge on any atom is -0.494 e. The summed E-state index contributed by atoms with van der Waals surface area (Å²) < 4.78 is 19.4. The summed E-state index contributed by atoms with van der Waals surface area (Å²) in [6.07, 6.45) is 8.87. The molecule has 0 atom stereocenters. The fraction of sp³-hybridized carbons (Fsp3) is 0.429. The largest absolute Gasteiger partial charge is 0.494 e. The third-order valence-corrected chi connectivity index (χ3v) is 8.50. The highest BCUT2D eigenvalue weighted by atomic mass is 16.5. The van der Waals surface area contributed by atoms with Gasteiger partial charge >= 0.3 is 0 Å². The Morgan fingerprint density at radius 2 is 1.80 bits per heavy atom.